The Bertz CT molecular complexity index is 539. The largest absolute Gasteiger partial charge is 0.434 e. The second kappa shape index (κ2) is 6.39. The molecule has 0 radical (unpaired) electrons. The second-order valence-corrected chi connectivity index (χ2v) is 6.96. The molecule has 0 unspecified atom stereocenters. The lowest BCUT2D eigenvalue weighted by molar-refractivity contribution is -0.0500. The van der Waals surface area contributed by atoms with E-state index in [0.717, 1.165) is 18.2 Å². The minimum absolute atomic E-state index is 0.0582. The van der Waals surface area contributed by atoms with Crippen molar-refractivity contribution in [3.05, 3.63) is 29.6 Å². The van der Waals surface area contributed by atoms with Crippen molar-refractivity contribution in [1.29, 1.82) is 0 Å². The first-order chi connectivity index (χ1) is 9.11. The van der Waals surface area contributed by atoms with E-state index in [1.165, 1.54) is 6.92 Å². The van der Waals surface area contributed by atoms with Gasteiger partial charge >= 0.3 is 6.61 Å². The summed E-state index contributed by atoms with van der Waals surface area (Å²) in [6.45, 7) is 3.61. The molecule has 7 heteroatoms. The van der Waals surface area contributed by atoms with Crippen LogP contribution in [0.4, 0.5) is 13.2 Å². The average molecular weight is 307 g/mol. The molecule has 1 aromatic rings. The Morgan fingerprint density at radius 3 is 2.45 bits per heavy atom. The topological polar surface area (TPSA) is 38.7 Å². The normalized spacial score (nSPS) is 14.5. The summed E-state index contributed by atoms with van der Waals surface area (Å²) in [5, 5.41) is 0. The molecule has 0 N–H and O–H groups in total. The number of halogens is 3. The first-order valence-electron chi connectivity index (χ1n) is 5.83. The van der Waals surface area contributed by atoms with Crippen LogP contribution in [0.5, 0.6) is 5.75 Å². The van der Waals surface area contributed by atoms with Crippen LogP contribution >= 0.6 is 0 Å². The molecule has 1 aromatic carbocycles. The number of alkyl halides is 2. The van der Waals surface area contributed by atoms with E-state index in [0.29, 0.717) is 0 Å². The third-order valence-corrected chi connectivity index (χ3v) is 3.78. The minimum Gasteiger partial charge on any atom is -0.434 e. The van der Waals surface area contributed by atoms with Crippen LogP contribution in [-0.4, -0.2) is 21.3 Å². The van der Waals surface area contributed by atoms with Gasteiger partial charge in [-0.3, -0.25) is 0 Å². The average Bonchev–Trinajstić information content (AvgIpc) is 2.29. The number of hydrogen-bond acceptors (Lipinski definition) is 2. The lowest BCUT2D eigenvalue weighted by atomic mass is 10.1. The monoisotopic (exact) mass is 307 g/mol. The van der Waals surface area contributed by atoms with Crippen molar-refractivity contribution in [3.8, 4) is 5.75 Å². The molecule has 0 bridgehead atoms. The molecule has 0 spiro atoms. The molecule has 0 aliphatic rings. The number of hydrogen-bond donors (Lipinski definition) is 0. The van der Waals surface area contributed by atoms with Gasteiger partial charge in [0.15, 0.2) is 0 Å². The van der Waals surface area contributed by atoms with Crippen LogP contribution in [-0.2, 0) is 11.0 Å². The van der Waals surface area contributed by atoms with Crippen molar-refractivity contribution < 1.29 is 22.1 Å². The summed E-state index contributed by atoms with van der Waals surface area (Å²) in [5.74, 6) is -0.814. The maximum absolute atomic E-state index is 13.2. The fourth-order valence-electron chi connectivity index (χ4n) is 1.29. The molecule has 20 heavy (non-hydrogen) atoms. The molecule has 1 atom stereocenters. The Balaban J connectivity index is 3.20. The third kappa shape index (κ3) is 4.63. The maximum atomic E-state index is 13.2. The molecule has 0 amide bonds. The van der Waals surface area contributed by atoms with Gasteiger partial charge in [0.2, 0.25) is 0 Å². The van der Waals surface area contributed by atoms with E-state index in [-0.39, 0.29) is 17.0 Å². The predicted octanol–water partition coefficient (Wildman–Crippen LogP) is 3.70. The van der Waals surface area contributed by atoms with Crippen molar-refractivity contribution in [1.82, 2.24) is 0 Å². The molecular weight excluding hydrogens is 291 g/mol. The smallest absolute Gasteiger partial charge is 0.387 e. The van der Waals surface area contributed by atoms with E-state index in [2.05, 4.69) is 9.13 Å². The molecule has 0 saturated heterocycles. The molecule has 0 aliphatic heterocycles. The number of ether oxygens (including phenoxy) is 1. The van der Waals surface area contributed by atoms with Gasteiger partial charge in [0, 0.05) is 5.56 Å². The van der Waals surface area contributed by atoms with Gasteiger partial charge in [-0.25, -0.2) is 8.60 Å². The van der Waals surface area contributed by atoms with Gasteiger partial charge in [0.1, 0.15) is 22.6 Å². The van der Waals surface area contributed by atoms with Crippen LogP contribution in [0.2, 0.25) is 0 Å². The van der Waals surface area contributed by atoms with E-state index in [9.17, 15) is 17.4 Å². The van der Waals surface area contributed by atoms with Crippen LogP contribution < -0.4 is 4.74 Å². The zero-order valence-electron chi connectivity index (χ0n) is 11.6. The lowest BCUT2D eigenvalue weighted by Gasteiger charge is -2.15. The fourth-order valence-corrected chi connectivity index (χ4v) is 1.92. The van der Waals surface area contributed by atoms with Gasteiger partial charge < -0.3 is 4.74 Å². The highest BCUT2D eigenvalue weighted by Crippen LogP contribution is 2.24. The Morgan fingerprint density at radius 1 is 1.35 bits per heavy atom. The van der Waals surface area contributed by atoms with Crippen molar-refractivity contribution in [2.75, 3.05) is 0 Å². The highest BCUT2D eigenvalue weighted by atomic mass is 32.2. The van der Waals surface area contributed by atoms with Gasteiger partial charge in [0.25, 0.3) is 0 Å². The predicted molar refractivity (Wildman–Crippen MR) is 73.1 cm³/mol. The lowest BCUT2D eigenvalue weighted by Crippen LogP contribution is -2.21. The molecule has 0 fully saturated rings. The quantitative estimate of drug-likeness (QED) is 0.796. The molecule has 0 aromatic heterocycles. The van der Waals surface area contributed by atoms with E-state index in [1.54, 1.807) is 20.8 Å². The van der Waals surface area contributed by atoms with Crippen LogP contribution in [0.15, 0.2) is 22.6 Å². The zero-order valence-corrected chi connectivity index (χ0v) is 12.4. The highest BCUT2D eigenvalue weighted by molar-refractivity contribution is 7.85. The number of benzene rings is 1. The van der Waals surface area contributed by atoms with E-state index < -0.39 is 28.2 Å². The Labute approximate surface area is 118 Å². The van der Waals surface area contributed by atoms with E-state index in [4.69, 9.17) is 0 Å². The molecule has 3 nitrogen and oxygen atoms in total. The minimum atomic E-state index is -3.03. The Kier molecular flexibility index (Phi) is 5.33. The Morgan fingerprint density at radius 2 is 1.95 bits per heavy atom. The maximum Gasteiger partial charge on any atom is 0.387 e. The Hall–Kier alpha value is -1.37. The van der Waals surface area contributed by atoms with Crippen molar-refractivity contribution >= 4 is 16.7 Å². The molecule has 0 aliphatic carbocycles. The zero-order chi connectivity index (χ0) is 15.5. The summed E-state index contributed by atoms with van der Waals surface area (Å²) >= 11 is 0. The second-order valence-electron chi connectivity index (χ2n) is 5.06. The van der Waals surface area contributed by atoms with Gasteiger partial charge in [-0.1, -0.05) is 0 Å². The first-order valence-corrected chi connectivity index (χ1v) is 6.94. The fraction of sp³-hybridized carbons (Fsp3) is 0.462. The van der Waals surface area contributed by atoms with Crippen molar-refractivity contribution in [2.24, 2.45) is 4.40 Å². The molecular formula is C13H16F3NO2S. The van der Waals surface area contributed by atoms with Crippen molar-refractivity contribution in [2.45, 2.75) is 39.1 Å². The standard InChI is InChI=1S/C13H16F3NO2S/c1-8(17-20(18)13(2,3)4)10-7-9(14)5-6-11(10)19-12(15)16/h5-7,12H,1-4H3/b17-8+/t20-/m0/s1. The van der Waals surface area contributed by atoms with Crippen LogP contribution in [0.3, 0.4) is 0 Å². The number of rotatable bonds is 4. The SMILES string of the molecule is C/C(=N\[S@@](=O)C(C)(C)C)c1cc(F)ccc1OC(F)F. The van der Waals surface area contributed by atoms with E-state index >= 15 is 0 Å². The van der Waals surface area contributed by atoms with Gasteiger partial charge in [-0.2, -0.15) is 13.2 Å². The van der Waals surface area contributed by atoms with Gasteiger partial charge in [0.05, 0.1) is 10.5 Å². The van der Waals surface area contributed by atoms with Gasteiger partial charge in [-0.15, -0.1) is 0 Å². The molecule has 0 saturated carbocycles. The summed E-state index contributed by atoms with van der Waals surface area (Å²) in [5.41, 5.74) is 0.233. The highest BCUT2D eigenvalue weighted by Gasteiger charge is 2.20. The summed E-state index contributed by atoms with van der Waals surface area (Å²) in [4.78, 5) is 0. The first kappa shape index (κ1) is 16.7. The third-order valence-electron chi connectivity index (χ3n) is 2.29. The van der Waals surface area contributed by atoms with Crippen LogP contribution in [0, 0.1) is 5.82 Å². The van der Waals surface area contributed by atoms with Gasteiger partial charge in [-0.05, 0) is 45.9 Å². The molecule has 112 valence electrons. The van der Waals surface area contributed by atoms with Crippen molar-refractivity contribution in [3.63, 3.8) is 0 Å². The summed E-state index contributed by atoms with van der Waals surface area (Å²) in [7, 11) is -1.57. The summed E-state index contributed by atoms with van der Waals surface area (Å²) in [6.07, 6.45) is 0. The van der Waals surface area contributed by atoms with Crippen LogP contribution in [0.25, 0.3) is 0 Å². The van der Waals surface area contributed by atoms with Crippen LogP contribution in [0.1, 0.15) is 33.3 Å². The number of nitrogens with zero attached hydrogens (tertiary/aromatic N) is 1. The molecule has 1 rings (SSSR count). The molecule has 0 heterocycles. The summed E-state index contributed by atoms with van der Waals surface area (Å²) < 4.78 is 57.4. The summed E-state index contributed by atoms with van der Waals surface area (Å²) in [6, 6.07) is 3.13. The van der Waals surface area contributed by atoms with E-state index in [1.807, 2.05) is 0 Å².